The summed E-state index contributed by atoms with van der Waals surface area (Å²) in [4.78, 5) is 7.18. The van der Waals surface area contributed by atoms with Crippen molar-refractivity contribution in [2.75, 3.05) is 26.2 Å². The molecule has 1 atom stereocenters. The zero-order chi connectivity index (χ0) is 16.5. The Morgan fingerprint density at radius 3 is 2.88 bits per heavy atom. The molecule has 1 fully saturated rings. The molecule has 0 aromatic carbocycles. The molecule has 0 bridgehead atoms. The highest BCUT2D eigenvalue weighted by atomic mass is 127. The molecule has 0 radical (unpaired) electrons. The summed E-state index contributed by atoms with van der Waals surface area (Å²) in [6.07, 6.45) is 6.91. The van der Waals surface area contributed by atoms with E-state index in [1.165, 1.54) is 25.8 Å². The zero-order valence-electron chi connectivity index (χ0n) is 15.2. The van der Waals surface area contributed by atoms with Gasteiger partial charge in [-0.3, -0.25) is 0 Å². The smallest absolute Gasteiger partial charge is 0.191 e. The summed E-state index contributed by atoms with van der Waals surface area (Å²) < 4.78 is 1.89. The minimum absolute atomic E-state index is 0. The summed E-state index contributed by atoms with van der Waals surface area (Å²) in [6.45, 7) is 9.17. The fourth-order valence-electron chi connectivity index (χ4n) is 2.92. The number of hydrogen-bond acceptors (Lipinski definition) is 4. The van der Waals surface area contributed by atoms with Gasteiger partial charge in [0, 0.05) is 32.7 Å². The molecule has 24 heavy (non-hydrogen) atoms. The molecule has 1 unspecified atom stereocenters. The highest BCUT2D eigenvalue weighted by Gasteiger charge is 2.17. The largest absolute Gasteiger partial charge is 0.357 e. The first-order chi connectivity index (χ1) is 11.2. The third-order valence-electron chi connectivity index (χ3n) is 4.38. The van der Waals surface area contributed by atoms with Gasteiger partial charge in [0.25, 0.3) is 0 Å². The number of nitrogens with one attached hydrogen (secondary N) is 2. The van der Waals surface area contributed by atoms with Crippen LogP contribution < -0.4 is 10.6 Å². The van der Waals surface area contributed by atoms with Crippen LogP contribution in [-0.4, -0.2) is 57.8 Å². The predicted octanol–water partition coefficient (Wildman–Crippen LogP) is 1.75. The molecule has 2 N–H and O–H groups in total. The van der Waals surface area contributed by atoms with E-state index in [9.17, 15) is 0 Å². The summed E-state index contributed by atoms with van der Waals surface area (Å²) >= 11 is 0. The van der Waals surface area contributed by atoms with E-state index in [0.717, 1.165) is 43.9 Å². The van der Waals surface area contributed by atoms with Gasteiger partial charge >= 0.3 is 0 Å². The van der Waals surface area contributed by atoms with Gasteiger partial charge in [0.15, 0.2) is 11.8 Å². The zero-order valence-corrected chi connectivity index (χ0v) is 17.5. The molecule has 1 aromatic rings. The van der Waals surface area contributed by atoms with Crippen LogP contribution in [0.1, 0.15) is 45.4 Å². The number of hydrogen-bond donors (Lipinski definition) is 2. The lowest BCUT2D eigenvalue weighted by Crippen LogP contribution is -2.41. The van der Waals surface area contributed by atoms with Crippen molar-refractivity contribution in [3.05, 3.63) is 12.2 Å². The second-order valence-electron chi connectivity index (χ2n) is 6.21. The molecule has 1 aliphatic heterocycles. The Kier molecular flexibility index (Phi) is 10.2. The minimum Gasteiger partial charge on any atom is -0.357 e. The van der Waals surface area contributed by atoms with Crippen LogP contribution in [0.4, 0.5) is 0 Å². The van der Waals surface area contributed by atoms with Gasteiger partial charge in [-0.1, -0.05) is 6.42 Å². The molecule has 1 aromatic heterocycles. The second kappa shape index (κ2) is 11.6. The van der Waals surface area contributed by atoms with Gasteiger partial charge in [-0.2, -0.15) is 0 Å². The van der Waals surface area contributed by atoms with E-state index in [-0.39, 0.29) is 24.0 Å². The third-order valence-corrected chi connectivity index (χ3v) is 4.38. The van der Waals surface area contributed by atoms with Crippen LogP contribution in [0.25, 0.3) is 0 Å². The number of aromatic nitrogens is 3. The number of rotatable bonds is 7. The molecular formula is C16H32IN7. The molecule has 8 heteroatoms. The maximum atomic E-state index is 4.57. The molecule has 138 valence electrons. The number of nitrogens with zero attached hydrogens (tertiary/aromatic N) is 5. The van der Waals surface area contributed by atoms with Crippen LogP contribution in [-0.2, 0) is 13.6 Å². The Labute approximate surface area is 162 Å². The molecule has 0 amide bonds. The number of guanidine groups is 1. The van der Waals surface area contributed by atoms with Crippen molar-refractivity contribution >= 4 is 29.9 Å². The van der Waals surface area contributed by atoms with Crippen molar-refractivity contribution in [3.8, 4) is 0 Å². The molecule has 2 rings (SSSR count). The van der Waals surface area contributed by atoms with E-state index < -0.39 is 0 Å². The summed E-state index contributed by atoms with van der Waals surface area (Å²) in [5.74, 6) is 1.71. The molecule has 1 aliphatic rings. The van der Waals surface area contributed by atoms with Crippen molar-refractivity contribution in [1.82, 2.24) is 30.3 Å². The highest BCUT2D eigenvalue weighted by Crippen LogP contribution is 2.15. The lowest BCUT2D eigenvalue weighted by atomic mass is 10.0. The van der Waals surface area contributed by atoms with Crippen molar-refractivity contribution in [1.29, 1.82) is 0 Å². The van der Waals surface area contributed by atoms with E-state index >= 15 is 0 Å². The number of aliphatic imine (C=N–C) groups is 1. The first-order valence-electron chi connectivity index (χ1n) is 8.79. The highest BCUT2D eigenvalue weighted by molar-refractivity contribution is 14.0. The van der Waals surface area contributed by atoms with Gasteiger partial charge in [0.2, 0.25) is 0 Å². The van der Waals surface area contributed by atoms with Gasteiger partial charge in [0.05, 0.1) is 0 Å². The van der Waals surface area contributed by atoms with E-state index in [1.807, 2.05) is 11.6 Å². The van der Waals surface area contributed by atoms with E-state index in [4.69, 9.17) is 0 Å². The molecule has 0 spiro atoms. The number of halogens is 1. The molecule has 1 saturated heterocycles. The number of likely N-dealkylation sites (tertiary alicyclic amines) is 1. The summed E-state index contributed by atoms with van der Waals surface area (Å²) in [5, 5.41) is 14.6. The first-order valence-corrected chi connectivity index (χ1v) is 8.79. The molecule has 0 saturated carbocycles. The summed E-state index contributed by atoms with van der Waals surface area (Å²) in [5.41, 5.74) is 0. The maximum absolute atomic E-state index is 4.57. The van der Waals surface area contributed by atoms with Gasteiger partial charge < -0.3 is 20.1 Å². The monoisotopic (exact) mass is 449 g/mol. The Morgan fingerprint density at radius 1 is 1.38 bits per heavy atom. The lowest BCUT2D eigenvalue weighted by molar-refractivity contribution is 0.159. The van der Waals surface area contributed by atoms with Gasteiger partial charge in [-0.15, -0.1) is 34.2 Å². The Hall–Kier alpha value is -0.900. The average Bonchev–Trinajstić information content (AvgIpc) is 2.96. The standard InChI is InChI=1S/C16H31N7.HI/c1-4-17-16(19-12-15-21-20-13-22(15)3)18-9-7-11-23-10-6-5-8-14(23)2;/h13-14H,4-12H2,1-3H3,(H2,17,18,19);1H. The van der Waals surface area contributed by atoms with Crippen LogP contribution in [0.3, 0.4) is 0 Å². The Morgan fingerprint density at radius 2 is 2.21 bits per heavy atom. The maximum Gasteiger partial charge on any atom is 0.191 e. The van der Waals surface area contributed by atoms with Crippen molar-refractivity contribution in [3.63, 3.8) is 0 Å². The van der Waals surface area contributed by atoms with E-state index in [2.05, 4.69) is 44.6 Å². The topological polar surface area (TPSA) is 70.4 Å². The van der Waals surface area contributed by atoms with Gasteiger partial charge in [-0.05, 0) is 39.7 Å². The third kappa shape index (κ3) is 6.92. The van der Waals surface area contributed by atoms with Crippen molar-refractivity contribution in [2.45, 2.75) is 52.1 Å². The van der Waals surface area contributed by atoms with Crippen LogP contribution in [0, 0.1) is 0 Å². The Balaban J connectivity index is 0.00000288. The minimum atomic E-state index is 0. The van der Waals surface area contributed by atoms with Crippen molar-refractivity contribution < 1.29 is 0 Å². The van der Waals surface area contributed by atoms with E-state index in [1.54, 1.807) is 6.33 Å². The van der Waals surface area contributed by atoms with E-state index in [0.29, 0.717) is 6.54 Å². The van der Waals surface area contributed by atoms with Gasteiger partial charge in [-0.25, -0.2) is 4.99 Å². The molecule has 7 nitrogen and oxygen atoms in total. The average molecular weight is 449 g/mol. The molecular weight excluding hydrogens is 417 g/mol. The lowest BCUT2D eigenvalue weighted by Gasteiger charge is -2.33. The van der Waals surface area contributed by atoms with Gasteiger partial charge in [0.1, 0.15) is 12.9 Å². The fraction of sp³-hybridized carbons (Fsp3) is 0.812. The second-order valence-corrected chi connectivity index (χ2v) is 6.21. The van der Waals surface area contributed by atoms with Crippen LogP contribution >= 0.6 is 24.0 Å². The predicted molar refractivity (Wildman–Crippen MR) is 109 cm³/mol. The fourth-order valence-corrected chi connectivity index (χ4v) is 2.92. The number of aryl methyl sites for hydroxylation is 1. The SMILES string of the molecule is CCNC(=NCc1nncn1C)NCCCN1CCCCC1C.I. The summed E-state index contributed by atoms with van der Waals surface area (Å²) in [6, 6.07) is 0.738. The first kappa shape index (κ1) is 21.1. The van der Waals surface area contributed by atoms with Crippen LogP contribution in [0.15, 0.2) is 11.3 Å². The normalized spacial score (nSPS) is 19.0. The Bertz CT molecular complexity index is 489. The van der Waals surface area contributed by atoms with Crippen LogP contribution in [0.5, 0.6) is 0 Å². The quantitative estimate of drug-likeness (QED) is 0.287. The van der Waals surface area contributed by atoms with Crippen LogP contribution in [0.2, 0.25) is 0 Å². The van der Waals surface area contributed by atoms with Crippen molar-refractivity contribution in [2.24, 2.45) is 12.0 Å². The number of piperidine rings is 1. The summed E-state index contributed by atoms with van der Waals surface area (Å²) in [7, 11) is 1.94. The molecule has 2 heterocycles. The molecule has 0 aliphatic carbocycles.